The number of hydrogen-bond acceptors (Lipinski definition) is 4. The summed E-state index contributed by atoms with van der Waals surface area (Å²) in [6.45, 7) is 4.48. The van der Waals surface area contributed by atoms with Crippen molar-refractivity contribution >= 4 is 17.5 Å². The first-order valence-electron chi connectivity index (χ1n) is 7.20. The Labute approximate surface area is 128 Å². The minimum absolute atomic E-state index is 0.321. The van der Waals surface area contributed by atoms with Crippen LogP contribution in [0.5, 0.6) is 0 Å². The Balaban J connectivity index is 1.77. The minimum atomic E-state index is -0.764. The fourth-order valence-corrected chi connectivity index (χ4v) is 2.21. The zero-order valence-electron chi connectivity index (χ0n) is 12.2. The van der Waals surface area contributed by atoms with Crippen LogP contribution < -0.4 is 15.5 Å². The van der Waals surface area contributed by atoms with E-state index < -0.39 is 11.8 Å². The average Bonchev–Trinajstić information content (AvgIpc) is 2.56. The lowest BCUT2D eigenvalue weighted by atomic mass is 10.2. The van der Waals surface area contributed by atoms with Gasteiger partial charge in [0, 0.05) is 0 Å². The number of quaternary nitrogens is 1. The van der Waals surface area contributed by atoms with Gasteiger partial charge in [-0.1, -0.05) is 12.1 Å². The summed E-state index contributed by atoms with van der Waals surface area (Å²) in [5.41, 5.74) is 0.658. The van der Waals surface area contributed by atoms with Crippen molar-refractivity contribution in [1.82, 2.24) is 5.32 Å². The number of morpholine rings is 1. The molecule has 7 nitrogen and oxygen atoms in total. The summed E-state index contributed by atoms with van der Waals surface area (Å²) in [6, 6.07) is 8.51. The smallest absolute Gasteiger partial charge is 0.313 e. The van der Waals surface area contributed by atoms with Crippen LogP contribution in [-0.2, 0) is 14.3 Å². The van der Waals surface area contributed by atoms with E-state index in [0.29, 0.717) is 17.8 Å². The van der Waals surface area contributed by atoms with Crippen molar-refractivity contribution in [3.05, 3.63) is 29.8 Å². The van der Waals surface area contributed by atoms with Crippen molar-refractivity contribution < 1.29 is 19.2 Å². The number of hydrogen-bond donors (Lipinski definition) is 3. The van der Waals surface area contributed by atoms with Gasteiger partial charge in [-0.05, 0) is 12.1 Å². The highest BCUT2D eigenvalue weighted by atomic mass is 16.5. The molecule has 0 aliphatic carbocycles. The summed E-state index contributed by atoms with van der Waals surface area (Å²) in [5.74, 6) is -1.46. The van der Waals surface area contributed by atoms with Gasteiger partial charge in [0.25, 0.3) is 0 Å². The van der Waals surface area contributed by atoms with Gasteiger partial charge in [-0.15, -0.1) is 0 Å². The first-order chi connectivity index (χ1) is 10.7. The molecule has 0 unspecified atom stereocenters. The van der Waals surface area contributed by atoms with Crippen LogP contribution in [0.15, 0.2) is 24.3 Å². The van der Waals surface area contributed by atoms with Crippen molar-refractivity contribution in [3.8, 4) is 6.07 Å². The number of amides is 2. The molecule has 1 aromatic carbocycles. The summed E-state index contributed by atoms with van der Waals surface area (Å²) < 4.78 is 5.25. The van der Waals surface area contributed by atoms with E-state index in [4.69, 9.17) is 10.00 Å². The number of para-hydroxylation sites is 1. The monoisotopic (exact) mass is 303 g/mol. The van der Waals surface area contributed by atoms with E-state index in [0.717, 1.165) is 32.8 Å². The molecule has 22 heavy (non-hydrogen) atoms. The SMILES string of the molecule is N#Cc1ccccc1NC(=O)C(=O)NCC[NH+]1CCOCC1. The molecule has 0 aromatic heterocycles. The Bertz CT molecular complexity index is 576. The third kappa shape index (κ3) is 4.55. The van der Waals surface area contributed by atoms with Gasteiger partial charge in [-0.2, -0.15) is 5.26 Å². The van der Waals surface area contributed by atoms with Crippen molar-refractivity contribution in [3.63, 3.8) is 0 Å². The van der Waals surface area contributed by atoms with Gasteiger partial charge < -0.3 is 20.3 Å². The molecule has 1 aromatic rings. The van der Waals surface area contributed by atoms with E-state index >= 15 is 0 Å². The van der Waals surface area contributed by atoms with Gasteiger partial charge in [0.15, 0.2) is 0 Å². The lowest BCUT2D eigenvalue weighted by molar-refractivity contribution is -0.906. The van der Waals surface area contributed by atoms with E-state index in [1.165, 1.54) is 4.90 Å². The highest BCUT2D eigenvalue weighted by Crippen LogP contribution is 2.12. The Hall–Kier alpha value is -2.43. The average molecular weight is 303 g/mol. The standard InChI is InChI=1S/C15H18N4O3/c16-11-12-3-1-2-4-13(12)18-15(21)14(20)17-5-6-19-7-9-22-10-8-19/h1-4H,5-10H2,(H,17,20)(H,18,21)/p+1. The maximum atomic E-state index is 11.8. The summed E-state index contributed by atoms with van der Waals surface area (Å²) >= 11 is 0. The Morgan fingerprint density at radius 1 is 1.23 bits per heavy atom. The second-order valence-electron chi connectivity index (χ2n) is 4.98. The molecule has 3 N–H and O–H groups in total. The third-order valence-electron chi connectivity index (χ3n) is 3.47. The van der Waals surface area contributed by atoms with E-state index in [1.54, 1.807) is 24.3 Å². The Morgan fingerprint density at radius 2 is 1.95 bits per heavy atom. The largest absolute Gasteiger partial charge is 0.370 e. The topological polar surface area (TPSA) is 95.7 Å². The van der Waals surface area contributed by atoms with Gasteiger partial charge >= 0.3 is 11.8 Å². The molecule has 1 aliphatic rings. The fourth-order valence-electron chi connectivity index (χ4n) is 2.21. The van der Waals surface area contributed by atoms with Gasteiger partial charge in [0.05, 0.1) is 37.6 Å². The van der Waals surface area contributed by atoms with Gasteiger partial charge in [-0.3, -0.25) is 9.59 Å². The van der Waals surface area contributed by atoms with Crippen LogP contribution >= 0.6 is 0 Å². The maximum Gasteiger partial charge on any atom is 0.313 e. The number of nitrogens with zero attached hydrogens (tertiary/aromatic N) is 1. The van der Waals surface area contributed by atoms with E-state index in [-0.39, 0.29) is 0 Å². The molecule has 0 radical (unpaired) electrons. The van der Waals surface area contributed by atoms with Crippen molar-refractivity contribution in [2.45, 2.75) is 0 Å². The van der Waals surface area contributed by atoms with E-state index in [9.17, 15) is 9.59 Å². The van der Waals surface area contributed by atoms with Crippen LogP contribution in [0.25, 0.3) is 0 Å². The van der Waals surface area contributed by atoms with E-state index in [2.05, 4.69) is 10.6 Å². The summed E-state index contributed by atoms with van der Waals surface area (Å²) in [5, 5.41) is 14.0. The Kier molecular flexibility index (Phi) is 5.89. The molecule has 1 fully saturated rings. The van der Waals surface area contributed by atoms with Gasteiger partial charge in [0.1, 0.15) is 19.2 Å². The molecular weight excluding hydrogens is 284 g/mol. The highest BCUT2D eigenvalue weighted by molar-refractivity contribution is 6.39. The third-order valence-corrected chi connectivity index (χ3v) is 3.47. The molecule has 0 spiro atoms. The number of ether oxygens (including phenoxy) is 1. The molecule has 1 heterocycles. The predicted octanol–water partition coefficient (Wildman–Crippen LogP) is -1.47. The van der Waals surface area contributed by atoms with Crippen LogP contribution in [-0.4, -0.2) is 51.2 Å². The zero-order chi connectivity index (χ0) is 15.8. The van der Waals surface area contributed by atoms with Crippen LogP contribution in [0.4, 0.5) is 5.69 Å². The molecule has 7 heteroatoms. The van der Waals surface area contributed by atoms with Crippen molar-refractivity contribution in [2.24, 2.45) is 0 Å². The lowest BCUT2D eigenvalue weighted by Gasteiger charge is -2.23. The van der Waals surface area contributed by atoms with Crippen LogP contribution in [0.3, 0.4) is 0 Å². The van der Waals surface area contributed by atoms with E-state index in [1.807, 2.05) is 6.07 Å². The molecule has 2 amide bonds. The number of carbonyl (C=O) groups excluding carboxylic acids is 2. The first kappa shape index (κ1) is 15.9. The van der Waals surface area contributed by atoms with Crippen molar-refractivity contribution in [2.75, 3.05) is 44.7 Å². The number of carbonyl (C=O) groups is 2. The number of nitrogens with one attached hydrogen (secondary N) is 3. The van der Waals surface area contributed by atoms with Crippen LogP contribution in [0.2, 0.25) is 0 Å². The zero-order valence-corrected chi connectivity index (χ0v) is 12.2. The number of rotatable bonds is 4. The normalized spacial score (nSPS) is 14.9. The van der Waals surface area contributed by atoms with Crippen molar-refractivity contribution in [1.29, 1.82) is 5.26 Å². The molecular formula is C15H19N4O3+. The summed E-state index contributed by atoms with van der Waals surface area (Å²) in [7, 11) is 0. The summed E-state index contributed by atoms with van der Waals surface area (Å²) in [4.78, 5) is 24.9. The molecule has 116 valence electrons. The fraction of sp³-hybridized carbons (Fsp3) is 0.400. The predicted molar refractivity (Wildman–Crippen MR) is 79.2 cm³/mol. The second kappa shape index (κ2) is 8.12. The molecule has 0 atom stereocenters. The summed E-state index contributed by atoms with van der Waals surface area (Å²) in [6.07, 6.45) is 0. The van der Waals surface area contributed by atoms with Crippen LogP contribution in [0.1, 0.15) is 5.56 Å². The number of benzene rings is 1. The highest BCUT2D eigenvalue weighted by Gasteiger charge is 2.17. The van der Waals surface area contributed by atoms with Gasteiger partial charge in [0.2, 0.25) is 0 Å². The molecule has 2 rings (SSSR count). The second-order valence-corrected chi connectivity index (χ2v) is 4.98. The molecule has 0 saturated carbocycles. The minimum Gasteiger partial charge on any atom is -0.370 e. The quantitative estimate of drug-likeness (QED) is 0.592. The lowest BCUT2D eigenvalue weighted by Crippen LogP contribution is -3.14. The maximum absolute atomic E-state index is 11.8. The van der Waals surface area contributed by atoms with Gasteiger partial charge in [-0.25, -0.2) is 0 Å². The number of anilines is 1. The molecule has 1 aliphatic heterocycles. The Morgan fingerprint density at radius 3 is 2.68 bits per heavy atom. The molecule has 0 bridgehead atoms. The van der Waals surface area contributed by atoms with Crippen LogP contribution in [0, 0.1) is 11.3 Å². The first-order valence-corrected chi connectivity index (χ1v) is 7.20. The molecule has 1 saturated heterocycles. The number of nitriles is 1.